The van der Waals surface area contributed by atoms with Gasteiger partial charge >= 0.3 is 0 Å². The standard InChI is InChI=1S/C24H27ClN2O2S/c1-5-10-30-22-26-23(3,4)14-24(27-22)13-18(16-9-7-6-8-15(16)2)17-11-19(25)20(28)12-21(17)29-24/h5-9,11-12,18,28H,1,10,13-14H2,2-4H3,(H,26,27)/t18-,24+/m0/s1. The van der Waals surface area contributed by atoms with Crippen LogP contribution in [0.3, 0.4) is 0 Å². The first-order valence-corrected chi connectivity index (χ1v) is 11.5. The van der Waals surface area contributed by atoms with Crippen LogP contribution in [0.15, 0.2) is 54.0 Å². The number of aliphatic imine (C=N–C) groups is 1. The van der Waals surface area contributed by atoms with Crippen LogP contribution in [-0.2, 0) is 0 Å². The number of aromatic hydroxyl groups is 1. The molecule has 2 N–H and O–H groups in total. The van der Waals surface area contributed by atoms with Gasteiger partial charge in [0.2, 0.25) is 5.72 Å². The molecule has 2 atom stereocenters. The van der Waals surface area contributed by atoms with Crippen molar-refractivity contribution in [3.8, 4) is 11.5 Å². The van der Waals surface area contributed by atoms with Crippen molar-refractivity contribution in [2.75, 3.05) is 5.75 Å². The van der Waals surface area contributed by atoms with Crippen LogP contribution >= 0.6 is 23.4 Å². The zero-order valence-corrected chi connectivity index (χ0v) is 19.1. The minimum atomic E-state index is -0.724. The predicted octanol–water partition coefficient (Wildman–Crippen LogP) is 6.01. The topological polar surface area (TPSA) is 53.9 Å². The maximum Gasteiger partial charge on any atom is 0.206 e. The quantitative estimate of drug-likeness (QED) is 0.571. The van der Waals surface area contributed by atoms with Gasteiger partial charge in [0.05, 0.1) is 5.02 Å². The van der Waals surface area contributed by atoms with Crippen LogP contribution in [0.2, 0.25) is 5.02 Å². The first-order valence-electron chi connectivity index (χ1n) is 10.1. The number of thioether (sulfide) groups is 1. The lowest BCUT2D eigenvalue weighted by molar-refractivity contribution is 0.0133. The highest BCUT2D eigenvalue weighted by atomic mass is 35.5. The van der Waals surface area contributed by atoms with E-state index >= 15 is 0 Å². The maximum atomic E-state index is 10.3. The lowest BCUT2D eigenvalue weighted by atomic mass is 9.77. The van der Waals surface area contributed by atoms with Crippen molar-refractivity contribution in [2.24, 2.45) is 4.99 Å². The molecule has 0 bridgehead atoms. The minimum absolute atomic E-state index is 0.0226. The molecule has 0 saturated carbocycles. The van der Waals surface area contributed by atoms with Crippen LogP contribution < -0.4 is 10.1 Å². The third-order valence-corrected chi connectivity index (χ3v) is 6.82. The summed E-state index contributed by atoms with van der Waals surface area (Å²) in [6.45, 7) is 10.3. The number of benzene rings is 2. The normalized spacial score (nSPS) is 24.4. The number of fused-ring (bicyclic) bond motifs is 1. The van der Waals surface area contributed by atoms with Gasteiger partial charge in [-0.3, -0.25) is 0 Å². The van der Waals surface area contributed by atoms with E-state index in [-0.39, 0.29) is 17.2 Å². The molecule has 0 aromatic heterocycles. The third-order valence-electron chi connectivity index (χ3n) is 5.65. The number of amidine groups is 1. The van der Waals surface area contributed by atoms with Crippen LogP contribution in [0.1, 0.15) is 49.3 Å². The van der Waals surface area contributed by atoms with E-state index in [4.69, 9.17) is 21.3 Å². The Kier molecular flexibility index (Phi) is 5.54. The number of phenolic OH excluding ortho intramolecular Hbond substituents is 1. The molecule has 2 aliphatic heterocycles. The van der Waals surface area contributed by atoms with Crippen molar-refractivity contribution >= 4 is 28.5 Å². The molecule has 0 amide bonds. The van der Waals surface area contributed by atoms with Crippen LogP contribution in [0.4, 0.5) is 0 Å². The molecule has 0 aliphatic carbocycles. The minimum Gasteiger partial charge on any atom is -0.506 e. The van der Waals surface area contributed by atoms with Crippen molar-refractivity contribution in [1.29, 1.82) is 0 Å². The van der Waals surface area contributed by atoms with Gasteiger partial charge in [0.15, 0.2) is 5.17 Å². The van der Waals surface area contributed by atoms with E-state index in [0.29, 0.717) is 23.6 Å². The van der Waals surface area contributed by atoms with E-state index in [0.717, 1.165) is 16.5 Å². The second-order valence-electron chi connectivity index (χ2n) is 8.71. The molecule has 2 aromatic carbocycles. The van der Waals surface area contributed by atoms with E-state index in [1.165, 1.54) is 11.1 Å². The molecule has 0 unspecified atom stereocenters. The van der Waals surface area contributed by atoms with Gasteiger partial charge in [-0.15, -0.1) is 6.58 Å². The SMILES string of the molecule is C=CCSC1=N[C@@]2(C[C@@H](c3ccccc3C)c3cc(Cl)c(O)cc3O2)CC(C)(C)N1. The summed E-state index contributed by atoms with van der Waals surface area (Å²) in [6, 6.07) is 11.9. The van der Waals surface area contributed by atoms with Crippen molar-refractivity contribution in [2.45, 2.75) is 50.8 Å². The molecule has 30 heavy (non-hydrogen) atoms. The first kappa shape index (κ1) is 21.1. The van der Waals surface area contributed by atoms with Crippen molar-refractivity contribution < 1.29 is 9.84 Å². The molecule has 2 aliphatic rings. The molecular weight excluding hydrogens is 416 g/mol. The zero-order chi connectivity index (χ0) is 21.5. The van der Waals surface area contributed by atoms with Gasteiger partial charge in [0.1, 0.15) is 11.5 Å². The van der Waals surface area contributed by atoms with Gasteiger partial charge in [-0.1, -0.05) is 53.7 Å². The molecule has 4 nitrogen and oxygen atoms in total. The summed E-state index contributed by atoms with van der Waals surface area (Å²) in [5.41, 5.74) is 2.53. The summed E-state index contributed by atoms with van der Waals surface area (Å²) in [5, 5.41) is 15.0. The Hall–Kier alpha value is -2.11. The van der Waals surface area contributed by atoms with Gasteiger partial charge in [-0.25, -0.2) is 4.99 Å². The van der Waals surface area contributed by atoms with Crippen molar-refractivity contribution in [3.05, 3.63) is 70.8 Å². The number of rotatable bonds is 3. The monoisotopic (exact) mass is 442 g/mol. The fourth-order valence-corrected chi connectivity index (χ4v) is 5.54. The first-order chi connectivity index (χ1) is 14.2. The third kappa shape index (κ3) is 4.06. The van der Waals surface area contributed by atoms with Crippen molar-refractivity contribution in [3.63, 3.8) is 0 Å². The van der Waals surface area contributed by atoms with E-state index in [9.17, 15) is 5.11 Å². The van der Waals surface area contributed by atoms with E-state index in [2.05, 4.69) is 56.9 Å². The Bertz CT molecular complexity index is 1020. The number of halogens is 1. The van der Waals surface area contributed by atoms with E-state index < -0.39 is 5.72 Å². The fourth-order valence-electron chi connectivity index (χ4n) is 4.51. The van der Waals surface area contributed by atoms with Gasteiger partial charge in [0.25, 0.3) is 0 Å². The highest BCUT2D eigenvalue weighted by molar-refractivity contribution is 8.13. The molecule has 2 heterocycles. The Labute approximate surface area is 187 Å². The van der Waals surface area contributed by atoms with Gasteiger partial charge < -0.3 is 15.2 Å². The van der Waals surface area contributed by atoms with E-state index in [1.807, 2.05) is 12.1 Å². The molecule has 4 rings (SSSR count). The summed E-state index contributed by atoms with van der Waals surface area (Å²) >= 11 is 7.91. The molecule has 0 saturated heterocycles. The number of aryl methyl sites for hydroxylation is 1. The maximum absolute atomic E-state index is 10.3. The van der Waals surface area contributed by atoms with Gasteiger partial charge in [-0.2, -0.15) is 0 Å². The average molecular weight is 443 g/mol. The molecule has 158 valence electrons. The Morgan fingerprint density at radius 3 is 2.83 bits per heavy atom. The lowest BCUT2D eigenvalue weighted by Gasteiger charge is -2.47. The van der Waals surface area contributed by atoms with E-state index in [1.54, 1.807) is 17.8 Å². The number of hydrogen-bond donors (Lipinski definition) is 2. The lowest BCUT2D eigenvalue weighted by Crippen LogP contribution is -2.57. The van der Waals surface area contributed by atoms with Gasteiger partial charge in [0, 0.05) is 41.7 Å². The van der Waals surface area contributed by atoms with Crippen LogP contribution in [0.25, 0.3) is 0 Å². The number of hydrogen-bond acceptors (Lipinski definition) is 5. The Morgan fingerprint density at radius 2 is 2.10 bits per heavy atom. The highest BCUT2D eigenvalue weighted by Gasteiger charge is 2.48. The molecule has 0 radical (unpaired) electrons. The second-order valence-corrected chi connectivity index (χ2v) is 10.1. The van der Waals surface area contributed by atoms with Gasteiger partial charge in [-0.05, 0) is 38.0 Å². The molecule has 2 aromatic rings. The summed E-state index contributed by atoms with van der Waals surface area (Å²) in [7, 11) is 0. The smallest absolute Gasteiger partial charge is 0.206 e. The summed E-state index contributed by atoms with van der Waals surface area (Å²) in [4.78, 5) is 5.05. The van der Waals surface area contributed by atoms with Crippen LogP contribution in [0, 0.1) is 6.92 Å². The summed E-state index contributed by atoms with van der Waals surface area (Å²) in [5.74, 6) is 1.50. The fraction of sp³-hybridized carbons (Fsp3) is 0.375. The molecule has 0 fully saturated rings. The summed E-state index contributed by atoms with van der Waals surface area (Å²) in [6.07, 6.45) is 3.29. The second kappa shape index (κ2) is 7.86. The zero-order valence-electron chi connectivity index (χ0n) is 17.5. The molecular formula is C24H27ClN2O2S. The summed E-state index contributed by atoms with van der Waals surface area (Å²) < 4.78 is 6.55. The highest BCUT2D eigenvalue weighted by Crippen LogP contribution is 2.51. The predicted molar refractivity (Wildman–Crippen MR) is 126 cm³/mol. The van der Waals surface area contributed by atoms with Crippen LogP contribution in [0.5, 0.6) is 11.5 Å². The largest absolute Gasteiger partial charge is 0.506 e. The average Bonchev–Trinajstić information content (AvgIpc) is 2.66. The van der Waals surface area contributed by atoms with Crippen molar-refractivity contribution in [1.82, 2.24) is 5.32 Å². The number of nitrogens with one attached hydrogen (secondary N) is 1. The molecule has 1 spiro atoms. The number of ether oxygens (including phenoxy) is 1. The van der Waals surface area contributed by atoms with Crippen LogP contribution in [-0.4, -0.2) is 27.3 Å². The number of phenols is 1. The Balaban J connectivity index is 1.86. The molecule has 6 heteroatoms. The number of nitrogens with zero attached hydrogens (tertiary/aromatic N) is 1. The Morgan fingerprint density at radius 1 is 1.33 bits per heavy atom.